The van der Waals surface area contributed by atoms with Crippen LogP contribution in [0.2, 0.25) is 5.02 Å². The highest BCUT2D eigenvalue weighted by Crippen LogP contribution is 2.33. The molecule has 1 N–H and O–H groups in total. The third kappa shape index (κ3) is 3.17. The maximum absolute atomic E-state index is 9.86. The van der Waals surface area contributed by atoms with Crippen LogP contribution < -0.4 is 9.47 Å². The Morgan fingerprint density at radius 2 is 2.00 bits per heavy atom. The lowest BCUT2D eigenvalue weighted by atomic mass is 10.1. The second-order valence-corrected chi connectivity index (χ2v) is 5.23. The molecule has 0 amide bonds. The number of nitrogens with zero attached hydrogens (tertiary/aromatic N) is 1. The van der Waals surface area contributed by atoms with Gasteiger partial charge in [-0.25, -0.2) is 0 Å². The van der Waals surface area contributed by atoms with E-state index in [9.17, 15) is 5.11 Å². The monoisotopic (exact) mass is 301 g/mol. The van der Waals surface area contributed by atoms with Gasteiger partial charge in [0.05, 0.1) is 31.5 Å². The van der Waals surface area contributed by atoms with Crippen molar-refractivity contribution in [3.8, 4) is 11.5 Å². The molecule has 0 aromatic heterocycles. The van der Waals surface area contributed by atoms with Gasteiger partial charge < -0.3 is 19.3 Å². The maximum atomic E-state index is 9.86. The number of ether oxygens (including phenoxy) is 3. The Morgan fingerprint density at radius 3 is 2.55 bits per heavy atom. The molecule has 5 nitrogen and oxygen atoms in total. The van der Waals surface area contributed by atoms with E-state index in [1.165, 1.54) is 0 Å². The summed E-state index contributed by atoms with van der Waals surface area (Å²) in [5.41, 5.74) is 0.888. The van der Waals surface area contributed by atoms with E-state index in [4.69, 9.17) is 25.8 Å². The van der Waals surface area contributed by atoms with Crippen molar-refractivity contribution in [2.45, 2.75) is 18.8 Å². The highest BCUT2D eigenvalue weighted by molar-refractivity contribution is 6.31. The summed E-state index contributed by atoms with van der Waals surface area (Å²) in [6, 6.07) is 3.57. The zero-order chi connectivity index (χ0) is 14.7. The molecule has 20 heavy (non-hydrogen) atoms. The molecule has 1 aromatic carbocycles. The van der Waals surface area contributed by atoms with E-state index < -0.39 is 6.10 Å². The summed E-state index contributed by atoms with van der Waals surface area (Å²) in [6.07, 6.45) is -0.624. The van der Waals surface area contributed by atoms with Crippen LogP contribution in [-0.2, 0) is 11.3 Å². The zero-order valence-electron chi connectivity index (χ0n) is 11.9. The van der Waals surface area contributed by atoms with Crippen molar-refractivity contribution in [1.82, 2.24) is 4.90 Å². The van der Waals surface area contributed by atoms with Crippen LogP contribution in [0.1, 0.15) is 5.56 Å². The van der Waals surface area contributed by atoms with Gasteiger partial charge in [0.1, 0.15) is 11.5 Å². The van der Waals surface area contributed by atoms with Gasteiger partial charge >= 0.3 is 0 Å². The van der Waals surface area contributed by atoms with Crippen molar-refractivity contribution in [2.75, 3.05) is 34.4 Å². The van der Waals surface area contributed by atoms with Gasteiger partial charge in [0.25, 0.3) is 0 Å². The first-order chi connectivity index (χ1) is 9.58. The van der Waals surface area contributed by atoms with Crippen LogP contribution >= 0.6 is 11.6 Å². The number of β-amino-alcohol motifs (C(OH)–C–C–N with tert-alkyl or cyclic N) is 1. The summed E-state index contributed by atoms with van der Waals surface area (Å²) in [6.45, 7) is 1.83. The van der Waals surface area contributed by atoms with Crippen LogP contribution in [0.5, 0.6) is 11.5 Å². The van der Waals surface area contributed by atoms with E-state index >= 15 is 0 Å². The molecule has 1 heterocycles. The molecule has 6 heteroatoms. The van der Waals surface area contributed by atoms with Gasteiger partial charge in [-0.05, 0) is 6.07 Å². The molecule has 1 aromatic rings. The van der Waals surface area contributed by atoms with Crippen LogP contribution in [-0.4, -0.2) is 56.6 Å². The Balaban J connectivity index is 2.17. The number of aliphatic hydroxyl groups is 1. The van der Waals surface area contributed by atoms with E-state index in [1.54, 1.807) is 27.4 Å². The minimum atomic E-state index is -0.469. The number of hydrogen-bond donors (Lipinski definition) is 1. The largest absolute Gasteiger partial charge is 0.497 e. The number of benzene rings is 1. The fourth-order valence-corrected chi connectivity index (χ4v) is 2.72. The van der Waals surface area contributed by atoms with Crippen molar-refractivity contribution in [3.05, 3.63) is 22.7 Å². The molecule has 2 atom stereocenters. The highest BCUT2D eigenvalue weighted by Gasteiger charge is 2.32. The topological polar surface area (TPSA) is 51.2 Å². The van der Waals surface area contributed by atoms with Crippen LogP contribution in [0.4, 0.5) is 0 Å². The van der Waals surface area contributed by atoms with Gasteiger partial charge in [-0.15, -0.1) is 0 Å². The van der Waals surface area contributed by atoms with Crippen molar-refractivity contribution < 1.29 is 19.3 Å². The average Bonchev–Trinajstić information content (AvgIpc) is 2.80. The zero-order valence-corrected chi connectivity index (χ0v) is 12.7. The number of hydrogen-bond acceptors (Lipinski definition) is 5. The molecule has 112 valence electrons. The molecular weight excluding hydrogens is 282 g/mol. The van der Waals surface area contributed by atoms with Gasteiger partial charge in [0.2, 0.25) is 0 Å². The Hall–Kier alpha value is -1.01. The molecule has 0 radical (unpaired) electrons. The minimum Gasteiger partial charge on any atom is -0.497 e. The van der Waals surface area contributed by atoms with Crippen molar-refractivity contribution in [2.24, 2.45) is 0 Å². The summed E-state index contributed by atoms with van der Waals surface area (Å²) in [5.74, 6) is 1.34. The number of likely N-dealkylation sites (tertiary alicyclic amines) is 1. The first-order valence-corrected chi connectivity index (χ1v) is 6.80. The standard InChI is InChI=1S/C14H20ClNO4/c1-18-9-4-11(15)10(13(5-9)19-2)6-16-7-12(17)14(8-16)20-3/h4-5,12,14,17H,6-8H2,1-3H3/t12-,14-/m0/s1. The average molecular weight is 302 g/mol. The van der Waals surface area contributed by atoms with E-state index in [-0.39, 0.29) is 6.10 Å². The number of halogens is 1. The van der Waals surface area contributed by atoms with Gasteiger partial charge in [0.15, 0.2) is 0 Å². The van der Waals surface area contributed by atoms with Gasteiger partial charge in [-0.2, -0.15) is 0 Å². The van der Waals surface area contributed by atoms with E-state index in [0.29, 0.717) is 36.2 Å². The second kappa shape index (κ2) is 6.63. The molecule has 1 aliphatic rings. The minimum absolute atomic E-state index is 0.155. The fraction of sp³-hybridized carbons (Fsp3) is 0.571. The molecular formula is C14H20ClNO4. The first kappa shape index (κ1) is 15.4. The van der Waals surface area contributed by atoms with E-state index in [2.05, 4.69) is 4.90 Å². The number of rotatable bonds is 5. The quantitative estimate of drug-likeness (QED) is 0.894. The summed E-state index contributed by atoms with van der Waals surface area (Å²) in [7, 11) is 4.80. The lowest BCUT2D eigenvalue weighted by Crippen LogP contribution is -2.25. The Labute approximate surface area is 124 Å². The second-order valence-electron chi connectivity index (χ2n) is 4.83. The van der Waals surface area contributed by atoms with Crippen molar-refractivity contribution >= 4 is 11.6 Å². The fourth-order valence-electron chi connectivity index (χ4n) is 2.46. The molecule has 1 saturated heterocycles. The van der Waals surface area contributed by atoms with E-state index in [0.717, 1.165) is 5.56 Å². The first-order valence-electron chi connectivity index (χ1n) is 6.42. The van der Waals surface area contributed by atoms with Crippen molar-refractivity contribution in [1.29, 1.82) is 0 Å². The van der Waals surface area contributed by atoms with Gasteiger partial charge in [-0.3, -0.25) is 4.90 Å². The molecule has 1 fully saturated rings. The SMILES string of the molecule is COc1cc(Cl)c(CN2C[C@H](OC)[C@@H](O)C2)c(OC)c1. The molecule has 0 aliphatic carbocycles. The van der Waals surface area contributed by atoms with Gasteiger partial charge in [0, 0.05) is 38.4 Å². The Bertz CT molecular complexity index is 469. The van der Waals surface area contributed by atoms with Gasteiger partial charge in [-0.1, -0.05) is 11.6 Å². The van der Waals surface area contributed by atoms with Crippen molar-refractivity contribution in [3.63, 3.8) is 0 Å². The van der Waals surface area contributed by atoms with Crippen LogP contribution in [0.15, 0.2) is 12.1 Å². The lowest BCUT2D eigenvalue weighted by molar-refractivity contribution is 0.0214. The molecule has 1 aliphatic heterocycles. The molecule has 0 spiro atoms. The molecule has 0 unspecified atom stereocenters. The summed E-state index contributed by atoms with van der Waals surface area (Å²) < 4.78 is 15.8. The van der Waals surface area contributed by atoms with Crippen LogP contribution in [0.25, 0.3) is 0 Å². The Morgan fingerprint density at radius 1 is 1.25 bits per heavy atom. The third-order valence-corrected chi connectivity index (χ3v) is 3.92. The van der Waals surface area contributed by atoms with Crippen LogP contribution in [0.3, 0.4) is 0 Å². The van der Waals surface area contributed by atoms with E-state index in [1.807, 2.05) is 6.07 Å². The third-order valence-electron chi connectivity index (χ3n) is 3.58. The molecule has 0 saturated carbocycles. The molecule has 0 bridgehead atoms. The molecule has 2 rings (SSSR count). The predicted molar refractivity (Wildman–Crippen MR) is 76.6 cm³/mol. The summed E-state index contributed by atoms with van der Waals surface area (Å²) in [5, 5.41) is 10.5. The summed E-state index contributed by atoms with van der Waals surface area (Å²) in [4.78, 5) is 2.09. The maximum Gasteiger partial charge on any atom is 0.128 e. The smallest absolute Gasteiger partial charge is 0.128 e. The number of methoxy groups -OCH3 is 3. The number of aliphatic hydroxyl groups excluding tert-OH is 1. The highest BCUT2D eigenvalue weighted by atomic mass is 35.5. The predicted octanol–water partition coefficient (Wildman–Crippen LogP) is 1.55. The Kier molecular flexibility index (Phi) is 5.10. The summed E-state index contributed by atoms with van der Waals surface area (Å²) >= 11 is 6.30. The normalized spacial score (nSPS) is 23.1. The van der Waals surface area contributed by atoms with Crippen LogP contribution in [0, 0.1) is 0 Å². The lowest BCUT2D eigenvalue weighted by Gasteiger charge is -2.19.